The van der Waals surface area contributed by atoms with Crippen LogP contribution in [0.3, 0.4) is 0 Å². The lowest BCUT2D eigenvalue weighted by Gasteiger charge is -2.31. The molecule has 0 saturated carbocycles. The molecule has 2 aromatic carbocycles. The molecule has 0 bridgehead atoms. The van der Waals surface area contributed by atoms with Crippen LogP contribution in [0.4, 0.5) is 0 Å². The molecule has 5 nitrogen and oxygen atoms in total. The Morgan fingerprint density at radius 2 is 1.83 bits per heavy atom. The number of benzene rings is 2. The molecule has 6 heteroatoms. The summed E-state index contributed by atoms with van der Waals surface area (Å²) in [6, 6.07) is 12.6. The van der Waals surface area contributed by atoms with E-state index in [1.165, 1.54) is 0 Å². The second-order valence-electron chi connectivity index (χ2n) is 7.36. The Hall–Kier alpha value is -2.53. The number of carbonyl (C=O) groups excluding carboxylic acids is 2. The van der Waals surface area contributed by atoms with E-state index in [0.717, 1.165) is 23.1 Å². The molecule has 1 N–H and O–H groups in total. The normalized spacial score (nSPS) is 11.6. The summed E-state index contributed by atoms with van der Waals surface area (Å²) in [5.41, 5.74) is 2.96. The van der Waals surface area contributed by atoms with E-state index in [1.54, 1.807) is 23.1 Å². The molecule has 0 spiro atoms. The maximum Gasteiger partial charge on any atom is 0.261 e. The van der Waals surface area contributed by atoms with Crippen LogP contribution in [0.25, 0.3) is 0 Å². The Bertz CT molecular complexity index is 869. The summed E-state index contributed by atoms with van der Waals surface area (Å²) >= 11 is 6.06. The van der Waals surface area contributed by atoms with E-state index in [0.29, 0.717) is 30.3 Å². The number of nitrogens with one attached hydrogen (secondary N) is 1. The minimum Gasteiger partial charge on any atom is -0.484 e. The fraction of sp³-hybridized carbons (Fsp3) is 0.417. The summed E-state index contributed by atoms with van der Waals surface area (Å²) in [5.74, 6) is 0.206. The fourth-order valence-electron chi connectivity index (χ4n) is 3.19. The lowest BCUT2D eigenvalue weighted by molar-refractivity contribution is -0.143. The van der Waals surface area contributed by atoms with Crippen molar-refractivity contribution in [2.75, 3.05) is 13.2 Å². The number of carbonyl (C=O) groups is 2. The molecule has 2 rings (SSSR count). The fourth-order valence-corrected chi connectivity index (χ4v) is 3.31. The predicted octanol–water partition coefficient (Wildman–Crippen LogP) is 4.67. The van der Waals surface area contributed by atoms with Crippen LogP contribution < -0.4 is 10.1 Å². The summed E-state index contributed by atoms with van der Waals surface area (Å²) in [6.45, 7) is 8.59. The van der Waals surface area contributed by atoms with Crippen LogP contribution in [0.15, 0.2) is 42.5 Å². The molecule has 0 aliphatic carbocycles. The number of ether oxygens (including phenoxy) is 1. The number of hydrogen-bond acceptors (Lipinski definition) is 3. The maximum absolute atomic E-state index is 13.2. The summed E-state index contributed by atoms with van der Waals surface area (Å²) in [6.07, 6.45) is 1.36. The van der Waals surface area contributed by atoms with Gasteiger partial charge in [-0.2, -0.15) is 0 Å². The third-order valence-corrected chi connectivity index (χ3v) is 5.45. The number of hydrogen-bond donors (Lipinski definition) is 1. The van der Waals surface area contributed by atoms with Crippen molar-refractivity contribution in [1.82, 2.24) is 10.2 Å². The summed E-state index contributed by atoms with van der Waals surface area (Å²) < 4.78 is 5.73. The minimum absolute atomic E-state index is 0.136. The third kappa shape index (κ3) is 6.49. The van der Waals surface area contributed by atoms with Gasteiger partial charge in [0.15, 0.2) is 6.61 Å². The Balaban J connectivity index is 2.21. The standard InChI is InChI=1S/C24H31ClN2O3/c1-5-13-26-24(29)22(6-2)27(15-19-10-8-7-9-17(19)3)23(28)16-30-20-11-12-21(25)18(4)14-20/h7-12,14,22H,5-6,13,15-16H2,1-4H3,(H,26,29). The molecule has 1 atom stereocenters. The second-order valence-corrected chi connectivity index (χ2v) is 7.77. The van der Waals surface area contributed by atoms with Crippen molar-refractivity contribution in [3.05, 3.63) is 64.2 Å². The van der Waals surface area contributed by atoms with Crippen molar-refractivity contribution in [3.8, 4) is 5.75 Å². The van der Waals surface area contributed by atoms with E-state index in [2.05, 4.69) is 5.32 Å². The number of amides is 2. The zero-order valence-corrected chi connectivity index (χ0v) is 19.0. The SMILES string of the molecule is CCCNC(=O)C(CC)N(Cc1ccccc1C)C(=O)COc1ccc(Cl)c(C)c1. The van der Waals surface area contributed by atoms with Crippen LogP contribution in [0.1, 0.15) is 43.4 Å². The van der Waals surface area contributed by atoms with Gasteiger partial charge in [-0.15, -0.1) is 0 Å². The zero-order chi connectivity index (χ0) is 22.1. The maximum atomic E-state index is 13.2. The van der Waals surface area contributed by atoms with Gasteiger partial charge in [-0.25, -0.2) is 0 Å². The van der Waals surface area contributed by atoms with Crippen LogP contribution in [-0.4, -0.2) is 35.9 Å². The van der Waals surface area contributed by atoms with Crippen LogP contribution in [0, 0.1) is 13.8 Å². The highest BCUT2D eigenvalue weighted by atomic mass is 35.5. The van der Waals surface area contributed by atoms with Gasteiger partial charge in [0.2, 0.25) is 5.91 Å². The number of aryl methyl sites for hydroxylation is 2. The summed E-state index contributed by atoms with van der Waals surface area (Å²) in [5, 5.41) is 3.57. The summed E-state index contributed by atoms with van der Waals surface area (Å²) in [7, 11) is 0. The second kappa shape index (κ2) is 11.6. The lowest BCUT2D eigenvalue weighted by Crippen LogP contribution is -2.50. The Kier molecular flexibility index (Phi) is 9.18. The van der Waals surface area contributed by atoms with Gasteiger partial charge in [0.1, 0.15) is 11.8 Å². The molecule has 0 aliphatic rings. The quantitative estimate of drug-likeness (QED) is 0.595. The molecule has 0 radical (unpaired) electrons. The van der Waals surface area contributed by atoms with Gasteiger partial charge in [-0.05, 0) is 61.6 Å². The number of halogens is 1. The average Bonchev–Trinajstić information content (AvgIpc) is 2.74. The smallest absolute Gasteiger partial charge is 0.261 e. The summed E-state index contributed by atoms with van der Waals surface area (Å²) in [4.78, 5) is 27.5. The largest absolute Gasteiger partial charge is 0.484 e. The van der Waals surface area contributed by atoms with Crippen LogP contribution in [-0.2, 0) is 16.1 Å². The van der Waals surface area contributed by atoms with Crippen LogP contribution in [0.5, 0.6) is 5.75 Å². The molecule has 0 saturated heterocycles. The first kappa shape index (κ1) is 23.7. The lowest BCUT2D eigenvalue weighted by atomic mass is 10.1. The topological polar surface area (TPSA) is 58.6 Å². The van der Waals surface area contributed by atoms with Crippen molar-refractivity contribution >= 4 is 23.4 Å². The van der Waals surface area contributed by atoms with Gasteiger partial charge in [0, 0.05) is 18.1 Å². The van der Waals surface area contributed by atoms with Crippen molar-refractivity contribution in [3.63, 3.8) is 0 Å². The van der Waals surface area contributed by atoms with Crippen molar-refractivity contribution in [1.29, 1.82) is 0 Å². The highest BCUT2D eigenvalue weighted by Gasteiger charge is 2.29. The molecule has 0 fully saturated rings. The van der Waals surface area contributed by atoms with Crippen LogP contribution >= 0.6 is 11.6 Å². The number of rotatable bonds is 10. The molecule has 30 heavy (non-hydrogen) atoms. The van der Waals surface area contributed by atoms with E-state index >= 15 is 0 Å². The van der Waals surface area contributed by atoms with E-state index in [1.807, 2.05) is 52.0 Å². The van der Waals surface area contributed by atoms with Gasteiger partial charge >= 0.3 is 0 Å². The van der Waals surface area contributed by atoms with Gasteiger partial charge < -0.3 is 15.0 Å². The van der Waals surface area contributed by atoms with Crippen LogP contribution in [0.2, 0.25) is 5.02 Å². The molecular weight excluding hydrogens is 400 g/mol. The van der Waals surface area contributed by atoms with Gasteiger partial charge in [0.25, 0.3) is 5.91 Å². The molecule has 0 aliphatic heterocycles. The first-order valence-electron chi connectivity index (χ1n) is 10.4. The Morgan fingerprint density at radius 1 is 1.10 bits per heavy atom. The van der Waals surface area contributed by atoms with Gasteiger partial charge in [0.05, 0.1) is 0 Å². The average molecular weight is 431 g/mol. The Labute approximate surface area is 184 Å². The molecule has 1 unspecified atom stereocenters. The van der Waals surface area contributed by atoms with Gasteiger partial charge in [-0.1, -0.05) is 49.7 Å². The molecule has 2 amide bonds. The molecular formula is C24H31ClN2O3. The molecule has 0 heterocycles. The molecule has 162 valence electrons. The number of nitrogens with zero attached hydrogens (tertiary/aromatic N) is 1. The van der Waals surface area contributed by atoms with E-state index in [4.69, 9.17) is 16.3 Å². The minimum atomic E-state index is -0.556. The van der Waals surface area contributed by atoms with E-state index < -0.39 is 6.04 Å². The Morgan fingerprint density at radius 3 is 2.47 bits per heavy atom. The van der Waals surface area contributed by atoms with Gasteiger partial charge in [-0.3, -0.25) is 9.59 Å². The van der Waals surface area contributed by atoms with Crippen molar-refractivity contribution in [2.45, 2.75) is 53.1 Å². The first-order chi connectivity index (χ1) is 14.4. The van der Waals surface area contributed by atoms with Crippen molar-refractivity contribution in [2.24, 2.45) is 0 Å². The first-order valence-corrected chi connectivity index (χ1v) is 10.8. The van der Waals surface area contributed by atoms with E-state index in [-0.39, 0.29) is 18.4 Å². The predicted molar refractivity (Wildman–Crippen MR) is 121 cm³/mol. The van der Waals surface area contributed by atoms with E-state index in [9.17, 15) is 9.59 Å². The highest BCUT2D eigenvalue weighted by molar-refractivity contribution is 6.31. The monoisotopic (exact) mass is 430 g/mol. The zero-order valence-electron chi connectivity index (χ0n) is 18.2. The molecule has 0 aromatic heterocycles. The third-order valence-electron chi connectivity index (χ3n) is 5.03. The highest BCUT2D eigenvalue weighted by Crippen LogP contribution is 2.21. The molecule has 2 aromatic rings. The van der Waals surface area contributed by atoms with Crippen molar-refractivity contribution < 1.29 is 14.3 Å².